The van der Waals surface area contributed by atoms with E-state index in [1.54, 1.807) is 17.0 Å². The molecule has 0 saturated heterocycles. The van der Waals surface area contributed by atoms with Gasteiger partial charge >= 0.3 is 7.52 Å². The molecule has 2 atom stereocenters. The standard InChI is InChI=1S/C27H42N3O6PS/c1-26(2,3)14-15-30-23(27(4,5)6)22(31)21(25(30)32)24-28-19-13-12-18(17-20(19)37(33,34)29-24)11-9-8-10-16-38(7,35)36/h12-13,17,23,31H,8-11,14-16H2,1-7H3,(H2,28,29,33,34)/t23-/m1/s1. The predicted molar refractivity (Wildman–Crippen MR) is 153 cm³/mol. The maximum Gasteiger partial charge on any atom is 0.346 e. The highest BCUT2D eigenvalue weighted by Crippen LogP contribution is 2.48. The van der Waals surface area contributed by atoms with Crippen LogP contribution in [-0.4, -0.2) is 59.7 Å². The van der Waals surface area contributed by atoms with Gasteiger partial charge in [-0.2, -0.15) is 4.76 Å². The van der Waals surface area contributed by atoms with Crippen LogP contribution in [0.25, 0.3) is 0 Å². The molecule has 11 heteroatoms. The first-order valence-electron chi connectivity index (χ1n) is 13.1. The number of hydrogen-bond acceptors (Lipinski definition) is 6. The van der Waals surface area contributed by atoms with Crippen LogP contribution in [-0.2, 0) is 25.6 Å². The summed E-state index contributed by atoms with van der Waals surface area (Å²) in [6.45, 7) is 12.5. The number of anilines is 1. The molecule has 1 aromatic carbocycles. The summed E-state index contributed by atoms with van der Waals surface area (Å²) in [4.78, 5) is 26.1. The Bertz CT molecular complexity index is 1300. The Morgan fingerprint density at radius 1 is 1.11 bits per heavy atom. The molecule has 9 nitrogen and oxygen atoms in total. The molecule has 3 N–H and O–H groups in total. The number of hydrogen-bond donors (Lipinski definition) is 3. The summed E-state index contributed by atoms with van der Waals surface area (Å²) in [5.41, 5.74) is 0.667. The van der Waals surface area contributed by atoms with Gasteiger partial charge in [-0.25, -0.2) is 8.42 Å². The molecular weight excluding hydrogens is 525 g/mol. The molecule has 2 heterocycles. The van der Waals surface area contributed by atoms with E-state index in [9.17, 15) is 27.8 Å². The second-order valence-corrected chi connectivity index (χ2v) is 16.8. The quantitative estimate of drug-likeness (QED) is 0.293. The zero-order valence-corrected chi connectivity index (χ0v) is 25.2. The summed E-state index contributed by atoms with van der Waals surface area (Å²) in [6, 6.07) is 4.58. The largest absolute Gasteiger partial charge is 0.509 e. The number of aliphatic hydroxyl groups is 1. The van der Waals surface area contributed by atoms with Crippen molar-refractivity contribution in [1.82, 2.24) is 4.90 Å². The second kappa shape index (κ2) is 10.8. The Balaban J connectivity index is 1.85. The molecule has 0 aliphatic carbocycles. The van der Waals surface area contributed by atoms with E-state index in [1.807, 2.05) is 26.8 Å². The van der Waals surface area contributed by atoms with Gasteiger partial charge in [-0.3, -0.25) is 9.36 Å². The first-order chi connectivity index (χ1) is 17.3. The minimum Gasteiger partial charge on any atom is -0.509 e. The number of carbonyl (C=O) groups excluding carboxylic acids is 1. The maximum atomic E-state index is 13.6. The van der Waals surface area contributed by atoms with Gasteiger partial charge in [0.05, 0.1) is 17.0 Å². The van der Waals surface area contributed by atoms with Gasteiger partial charge in [0.2, 0.25) is 0 Å². The topological polar surface area (TPSA) is 136 Å². The molecule has 38 heavy (non-hydrogen) atoms. The van der Waals surface area contributed by atoms with Crippen molar-refractivity contribution >= 4 is 40.1 Å². The highest BCUT2D eigenvalue weighted by molar-refractivity contribution is 7.90. The highest BCUT2D eigenvalue weighted by Gasteiger charge is 2.48. The monoisotopic (exact) mass is 567 g/mol. The van der Waals surface area contributed by atoms with Crippen LogP contribution in [0.1, 0.15) is 72.8 Å². The van der Waals surface area contributed by atoms with E-state index in [2.05, 4.69) is 30.9 Å². The number of unbranched alkanes of at least 4 members (excludes halogenated alkanes) is 2. The van der Waals surface area contributed by atoms with Gasteiger partial charge in [0.25, 0.3) is 5.91 Å². The van der Waals surface area contributed by atoms with E-state index in [0.717, 1.165) is 24.8 Å². The molecule has 0 saturated carbocycles. The Morgan fingerprint density at radius 3 is 2.34 bits per heavy atom. The Labute approximate surface area is 226 Å². The van der Waals surface area contributed by atoms with Gasteiger partial charge in [0.1, 0.15) is 21.2 Å². The third kappa shape index (κ3) is 7.27. The number of carbonyl (C=O) groups is 1. The third-order valence-corrected chi connectivity index (χ3v) is 9.31. The van der Waals surface area contributed by atoms with Crippen molar-refractivity contribution in [2.75, 3.05) is 23.9 Å². The van der Waals surface area contributed by atoms with Crippen LogP contribution in [0.4, 0.5) is 5.69 Å². The highest BCUT2D eigenvalue weighted by atomic mass is 32.2. The Morgan fingerprint density at radius 2 is 1.76 bits per heavy atom. The van der Waals surface area contributed by atoms with Crippen molar-refractivity contribution < 1.29 is 27.8 Å². The lowest BCUT2D eigenvalue weighted by Crippen LogP contribution is -2.45. The van der Waals surface area contributed by atoms with Crippen molar-refractivity contribution in [3.05, 3.63) is 35.1 Å². The van der Waals surface area contributed by atoms with Crippen LogP contribution < -0.4 is 10.6 Å². The van der Waals surface area contributed by atoms with E-state index in [-0.39, 0.29) is 33.6 Å². The second-order valence-electron chi connectivity index (χ2n) is 12.7. The lowest BCUT2D eigenvalue weighted by Gasteiger charge is -2.36. The first-order valence-corrected chi connectivity index (χ1v) is 16.7. The zero-order valence-electron chi connectivity index (χ0n) is 23.5. The minimum absolute atomic E-state index is 0.0210. The van der Waals surface area contributed by atoms with E-state index in [0.29, 0.717) is 25.1 Å². The number of aryl methyl sites for hydroxylation is 1. The fourth-order valence-corrected chi connectivity index (χ4v) is 6.88. The number of rotatable bonds is 9. The number of sulfone groups is 1. The van der Waals surface area contributed by atoms with Gasteiger partial charge < -0.3 is 20.2 Å². The molecule has 212 valence electrons. The summed E-state index contributed by atoms with van der Waals surface area (Å²) in [5, 5.41) is 14.4. The first kappa shape index (κ1) is 30.4. The normalized spacial score (nSPS) is 22.4. The van der Waals surface area contributed by atoms with E-state index in [4.69, 9.17) is 0 Å². The summed E-state index contributed by atoms with van der Waals surface area (Å²) in [7, 11) is -7.21. The average Bonchev–Trinajstić information content (AvgIpc) is 3.00. The van der Waals surface area contributed by atoms with Crippen LogP contribution in [0.15, 0.2) is 34.3 Å². The SMILES string of the molecule is CC(C)(C)CCN1C(=O)C(C2=NP(=O)(O)c3cc(CCCCCS(C)(=O)=O)ccc3N2)=C(O)[C@@H]1C(C)(C)C. The van der Waals surface area contributed by atoms with Gasteiger partial charge in [-0.1, -0.05) is 54.0 Å². The average molecular weight is 568 g/mol. The van der Waals surface area contributed by atoms with Crippen LogP contribution in [0.2, 0.25) is 0 Å². The van der Waals surface area contributed by atoms with Crippen LogP contribution >= 0.6 is 7.52 Å². The molecule has 0 radical (unpaired) electrons. The molecule has 1 unspecified atom stereocenters. The number of nitrogens with one attached hydrogen (secondary N) is 1. The zero-order chi connectivity index (χ0) is 28.7. The number of amidine groups is 1. The van der Waals surface area contributed by atoms with E-state index < -0.39 is 34.7 Å². The van der Waals surface area contributed by atoms with Crippen molar-refractivity contribution in [2.24, 2.45) is 15.6 Å². The predicted octanol–water partition coefficient (Wildman–Crippen LogP) is 4.58. The van der Waals surface area contributed by atoms with Crippen LogP contribution in [0.3, 0.4) is 0 Å². The van der Waals surface area contributed by atoms with E-state index >= 15 is 0 Å². The molecule has 3 rings (SSSR count). The van der Waals surface area contributed by atoms with Gasteiger partial charge in [0, 0.05) is 18.6 Å². The summed E-state index contributed by atoms with van der Waals surface area (Å²) in [5.74, 6) is -0.494. The molecule has 1 aromatic rings. The summed E-state index contributed by atoms with van der Waals surface area (Å²) in [6.07, 6.45) is 4.64. The lowest BCUT2D eigenvalue weighted by molar-refractivity contribution is -0.128. The van der Waals surface area contributed by atoms with E-state index in [1.165, 1.54) is 6.26 Å². The van der Waals surface area contributed by atoms with Crippen LogP contribution in [0.5, 0.6) is 0 Å². The molecule has 0 spiro atoms. The number of aliphatic hydroxyl groups excluding tert-OH is 1. The summed E-state index contributed by atoms with van der Waals surface area (Å²) < 4.78 is 40.0. The maximum absolute atomic E-state index is 13.6. The molecule has 2 aliphatic heterocycles. The summed E-state index contributed by atoms with van der Waals surface area (Å²) >= 11 is 0. The molecule has 0 bridgehead atoms. The number of benzene rings is 1. The smallest absolute Gasteiger partial charge is 0.346 e. The van der Waals surface area contributed by atoms with Crippen molar-refractivity contribution in [3.63, 3.8) is 0 Å². The molecule has 2 aliphatic rings. The number of fused-ring (bicyclic) bond motifs is 1. The fraction of sp³-hybridized carbons (Fsp3) is 0.630. The number of nitrogens with zero attached hydrogens (tertiary/aromatic N) is 2. The Kier molecular flexibility index (Phi) is 8.62. The molecular formula is C27H42N3O6PS. The van der Waals surface area contributed by atoms with Crippen molar-refractivity contribution in [3.8, 4) is 0 Å². The van der Waals surface area contributed by atoms with Gasteiger partial charge in [-0.15, -0.1) is 0 Å². The van der Waals surface area contributed by atoms with Crippen LogP contribution in [0, 0.1) is 10.8 Å². The Hall–Kier alpha value is -2.16. The van der Waals surface area contributed by atoms with Crippen molar-refractivity contribution in [1.29, 1.82) is 0 Å². The molecule has 0 aromatic heterocycles. The molecule has 1 amide bonds. The fourth-order valence-electron chi connectivity index (χ4n) is 4.85. The minimum atomic E-state index is -4.22. The van der Waals surface area contributed by atoms with Gasteiger partial charge in [0.15, 0.2) is 5.84 Å². The third-order valence-electron chi connectivity index (χ3n) is 6.81. The molecule has 0 fully saturated rings. The van der Waals surface area contributed by atoms with Crippen molar-refractivity contribution in [2.45, 2.75) is 79.7 Å². The lowest BCUT2D eigenvalue weighted by atomic mass is 9.84. The van der Waals surface area contributed by atoms with Gasteiger partial charge in [-0.05, 0) is 54.2 Å². The number of amides is 1.